The fourth-order valence-corrected chi connectivity index (χ4v) is 3.45. The van der Waals surface area contributed by atoms with Gasteiger partial charge in [-0.05, 0) is 36.6 Å². The van der Waals surface area contributed by atoms with E-state index in [4.69, 9.17) is 4.74 Å². The Bertz CT molecular complexity index is 534. The molecule has 1 amide bonds. The minimum atomic E-state index is -2.45. The summed E-state index contributed by atoms with van der Waals surface area (Å²) in [5, 5.41) is 2.99. The van der Waals surface area contributed by atoms with Gasteiger partial charge in [0.25, 0.3) is 11.7 Å². The predicted octanol–water partition coefficient (Wildman–Crippen LogP) is 3.48. The van der Waals surface area contributed by atoms with Crippen molar-refractivity contribution in [2.75, 3.05) is 32.8 Å². The second kappa shape index (κ2) is 10.1. The monoisotopic (exact) mass is 372 g/mol. The van der Waals surface area contributed by atoms with E-state index in [-0.39, 0.29) is 11.9 Å². The highest BCUT2D eigenvalue weighted by molar-refractivity contribution is 7.99. The number of nitrogens with zero attached hydrogens (tertiary/aromatic N) is 1. The second-order valence-electron chi connectivity index (χ2n) is 6.54. The van der Waals surface area contributed by atoms with E-state index in [1.54, 1.807) is 24.3 Å². The van der Waals surface area contributed by atoms with E-state index in [9.17, 15) is 13.6 Å². The summed E-state index contributed by atoms with van der Waals surface area (Å²) in [7, 11) is 0. The van der Waals surface area contributed by atoms with Gasteiger partial charge in [-0.2, -0.15) is 8.78 Å². The maximum absolute atomic E-state index is 12.3. The Balaban J connectivity index is 1.90. The van der Waals surface area contributed by atoms with Crippen LogP contribution < -0.4 is 5.32 Å². The van der Waals surface area contributed by atoms with Crippen molar-refractivity contribution in [3.05, 3.63) is 29.8 Å². The van der Waals surface area contributed by atoms with Crippen LogP contribution in [0.2, 0.25) is 0 Å². The molecule has 1 N–H and O–H groups in total. The molecule has 0 bridgehead atoms. The van der Waals surface area contributed by atoms with E-state index in [1.807, 2.05) is 0 Å². The Labute approximate surface area is 152 Å². The molecule has 0 aromatic heterocycles. The highest BCUT2D eigenvalue weighted by atomic mass is 32.2. The van der Waals surface area contributed by atoms with Crippen molar-refractivity contribution in [2.24, 2.45) is 5.92 Å². The van der Waals surface area contributed by atoms with Crippen LogP contribution in [0.25, 0.3) is 0 Å². The van der Waals surface area contributed by atoms with E-state index in [0.717, 1.165) is 32.7 Å². The maximum Gasteiger partial charge on any atom is 0.288 e. The van der Waals surface area contributed by atoms with Gasteiger partial charge in [0, 0.05) is 36.1 Å². The van der Waals surface area contributed by atoms with Gasteiger partial charge in [-0.3, -0.25) is 9.69 Å². The zero-order valence-electron chi connectivity index (χ0n) is 14.7. The molecule has 0 aliphatic carbocycles. The number of benzene rings is 1. The summed E-state index contributed by atoms with van der Waals surface area (Å²) in [6.45, 7) is 8.14. The summed E-state index contributed by atoms with van der Waals surface area (Å²) >= 11 is 0.479. The normalized spacial score (nSPS) is 17.0. The average Bonchev–Trinajstić information content (AvgIpc) is 2.59. The highest BCUT2D eigenvalue weighted by Crippen LogP contribution is 2.25. The summed E-state index contributed by atoms with van der Waals surface area (Å²) in [6, 6.07) is 6.57. The van der Waals surface area contributed by atoms with Crippen molar-refractivity contribution < 1.29 is 18.3 Å². The zero-order valence-corrected chi connectivity index (χ0v) is 15.5. The number of carbonyl (C=O) groups is 1. The number of hydrogen-bond donors (Lipinski definition) is 1. The molecule has 4 nitrogen and oxygen atoms in total. The molecule has 1 saturated heterocycles. The van der Waals surface area contributed by atoms with Crippen LogP contribution in [-0.4, -0.2) is 55.5 Å². The molecule has 1 atom stereocenters. The quantitative estimate of drug-likeness (QED) is 0.710. The molecule has 1 aliphatic heterocycles. The van der Waals surface area contributed by atoms with Gasteiger partial charge in [-0.15, -0.1) is 0 Å². The number of carbonyl (C=O) groups excluding carboxylic acids is 1. The van der Waals surface area contributed by atoms with E-state index >= 15 is 0 Å². The standard InChI is InChI=1S/C18H26F2N2O2S/c1-13(2)11-15(22-7-9-24-10-8-22)12-21-17(23)14-3-5-16(6-4-14)25-18(19)20/h3-6,13,15,18H,7-12H2,1-2H3,(H,21,23)/t15-/m1/s1. The number of morpholine rings is 1. The van der Waals surface area contributed by atoms with Crippen molar-refractivity contribution in [2.45, 2.75) is 37.0 Å². The molecule has 140 valence electrons. The van der Waals surface area contributed by atoms with Crippen LogP contribution in [0.3, 0.4) is 0 Å². The van der Waals surface area contributed by atoms with Crippen molar-refractivity contribution in [1.82, 2.24) is 10.2 Å². The van der Waals surface area contributed by atoms with Crippen molar-refractivity contribution >= 4 is 17.7 Å². The molecular weight excluding hydrogens is 346 g/mol. The number of hydrogen-bond acceptors (Lipinski definition) is 4. The third-order valence-electron chi connectivity index (χ3n) is 4.15. The summed E-state index contributed by atoms with van der Waals surface area (Å²) in [5.74, 6) is -2.09. The third-order valence-corrected chi connectivity index (χ3v) is 4.87. The second-order valence-corrected chi connectivity index (χ2v) is 7.61. The largest absolute Gasteiger partial charge is 0.379 e. The minimum absolute atomic E-state index is 0.171. The maximum atomic E-state index is 12.3. The topological polar surface area (TPSA) is 41.6 Å². The number of nitrogens with one attached hydrogen (secondary N) is 1. The lowest BCUT2D eigenvalue weighted by Gasteiger charge is -2.35. The molecule has 1 aromatic carbocycles. The smallest absolute Gasteiger partial charge is 0.288 e. The van der Waals surface area contributed by atoms with Gasteiger partial charge in [0.15, 0.2) is 0 Å². The van der Waals surface area contributed by atoms with Crippen molar-refractivity contribution in [3.8, 4) is 0 Å². The molecule has 0 unspecified atom stereocenters. The van der Waals surface area contributed by atoms with Crippen LogP contribution in [0.1, 0.15) is 30.6 Å². The summed E-state index contributed by atoms with van der Waals surface area (Å²) in [6.07, 6.45) is 1.00. The Kier molecular flexibility index (Phi) is 8.12. The lowest BCUT2D eigenvalue weighted by Crippen LogP contribution is -2.49. The first-order valence-electron chi connectivity index (χ1n) is 8.60. The number of thioether (sulfide) groups is 1. The first-order chi connectivity index (χ1) is 12.0. The summed E-state index contributed by atoms with van der Waals surface area (Å²) in [4.78, 5) is 15.2. The van der Waals surface area contributed by atoms with Gasteiger partial charge in [0.05, 0.1) is 13.2 Å². The molecule has 1 heterocycles. The van der Waals surface area contributed by atoms with Gasteiger partial charge in [-0.1, -0.05) is 25.6 Å². The Hall–Kier alpha value is -1.18. The number of ether oxygens (including phenoxy) is 1. The first-order valence-corrected chi connectivity index (χ1v) is 9.48. The van der Waals surface area contributed by atoms with Gasteiger partial charge >= 0.3 is 0 Å². The lowest BCUT2D eigenvalue weighted by molar-refractivity contribution is 0.0124. The molecule has 25 heavy (non-hydrogen) atoms. The van der Waals surface area contributed by atoms with E-state index in [1.165, 1.54) is 0 Å². The first kappa shape index (κ1) is 20.1. The van der Waals surface area contributed by atoms with Crippen LogP contribution in [-0.2, 0) is 4.74 Å². The Morgan fingerprint density at radius 2 is 1.88 bits per heavy atom. The zero-order chi connectivity index (χ0) is 18.2. The van der Waals surface area contributed by atoms with Crippen molar-refractivity contribution in [1.29, 1.82) is 0 Å². The number of rotatable bonds is 8. The van der Waals surface area contributed by atoms with Crippen LogP contribution in [0.15, 0.2) is 29.2 Å². The summed E-state index contributed by atoms with van der Waals surface area (Å²) < 4.78 is 30.1. The Morgan fingerprint density at radius 3 is 2.44 bits per heavy atom. The predicted molar refractivity (Wildman–Crippen MR) is 96.3 cm³/mol. The van der Waals surface area contributed by atoms with Gasteiger partial charge in [-0.25, -0.2) is 0 Å². The number of halogens is 2. The minimum Gasteiger partial charge on any atom is -0.379 e. The molecule has 1 fully saturated rings. The molecule has 0 saturated carbocycles. The van der Waals surface area contributed by atoms with Gasteiger partial charge in [0.2, 0.25) is 0 Å². The number of amides is 1. The van der Waals surface area contributed by atoms with Crippen LogP contribution in [0, 0.1) is 5.92 Å². The number of alkyl halides is 2. The Morgan fingerprint density at radius 1 is 1.24 bits per heavy atom. The molecule has 0 radical (unpaired) electrons. The summed E-state index contributed by atoms with van der Waals surface area (Å²) in [5.41, 5.74) is 0.490. The SMILES string of the molecule is CC(C)C[C@H](CNC(=O)c1ccc(SC(F)F)cc1)N1CCOCC1. The van der Waals surface area contributed by atoms with Gasteiger partial charge < -0.3 is 10.1 Å². The van der Waals surface area contributed by atoms with Crippen molar-refractivity contribution in [3.63, 3.8) is 0 Å². The third kappa shape index (κ3) is 6.92. The van der Waals surface area contributed by atoms with Gasteiger partial charge in [0.1, 0.15) is 0 Å². The molecule has 7 heteroatoms. The van der Waals surface area contributed by atoms with Crippen LogP contribution in [0.4, 0.5) is 8.78 Å². The molecule has 2 rings (SSSR count). The average molecular weight is 372 g/mol. The molecular formula is C18H26F2N2O2S. The van der Waals surface area contributed by atoms with Crippen LogP contribution >= 0.6 is 11.8 Å². The van der Waals surface area contributed by atoms with E-state index in [2.05, 4.69) is 24.1 Å². The highest BCUT2D eigenvalue weighted by Gasteiger charge is 2.22. The molecule has 1 aliphatic rings. The lowest BCUT2D eigenvalue weighted by atomic mass is 10.0. The molecule has 1 aromatic rings. The fourth-order valence-electron chi connectivity index (χ4n) is 2.95. The fraction of sp³-hybridized carbons (Fsp3) is 0.611. The van der Waals surface area contributed by atoms with Crippen LogP contribution in [0.5, 0.6) is 0 Å². The molecule has 0 spiro atoms. The van der Waals surface area contributed by atoms with E-state index in [0.29, 0.717) is 34.7 Å². The van der Waals surface area contributed by atoms with E-state index < -0.39 is 5.76 Å².